The number of carbonyl (C=O) groups excluding carboxylic acids is 3. The van der Waals surface area contributed by atoms with Crippen LogP contribution in [0.1, 0.15) is 39.9 Å². The molecule has 2 N–H and O–H groups in total. The Morgan fingerprint density at radius 2 is 2.04 bits per heavy atom. The number of fused-ring (bicyclic) bond motifs is 1. The average Bonchev–Trinajstić information content (AvgIpc) is 3.02. The number of hydrogen-bond acceptors (Lipinski definition) is 5. The molecule has 2 aromatic carbocycles. The Labute approximate surface area is 161 Å². The lowest BCUT2D eigenvalue weighted by Gasteiger charge is -2.29. The maximum absolute atomic E-state index is 12.7. The summed E-state index contributed by atoms with van der Waals surface area (Å²) in [5, 5.41) is 14.6. The monoisotopic (exact) mass is 374 g/mol. The Balaban J connectivity index is 1.47. The molecule has 0 aromatic heterocycles. The number of nitrogens with zero attached hydrogens (tertiary/aromatic N) is 2. The van der Waals surface area contributed by atoms with E-state index in [-0.39, 0.29) is 18.2 Å². The van der Waals surface area contributed by atoms with Gasteiger partial charge in [0.2, 0.25) is 11.8 Å². The van der Waals surface area contributed by atoms with Crippen LogP contribution >= 0.6 is 0 Å². The van der Waals surface area contributed by atoms with Gasteiger partial charge in [0.15, 0.2) is 0 Å². The molecule has 0 spiro atoms. The van der Waals surface area contributed by atoms with Gasteiger partial charge in [-0.25, -0.2) is 0 Å². The van der Waals surface area contributed by atoms with Gasteiger partial charge in [0.1, 0.15) is 6.04 Å². The van der Waals surface area contributed by atoms with Crippen LogP contribution in [0.15, 0.2) is 42.5 Å². The van der Waals surface area contributed by atoms with Crippen LogP contribution in [0.3, 0.4) is 0 Å². The maximum Gasteiger partial charge on any atom is 0.255 e. The molecule has 0 aliphatic carbocycles. The maximum atomic E-state index is 12.7. The molecule has 28 heavy (non-hydrogen) atoms. The predicted molar refractivity (Wildman–Crippen MR) is 101 cm³/mol. The lowest BCUT2D eigenvalue weighted by Crippen LogP contribution is -2.52. The average molecular weight is 374 g/mol. The summed E-state index contributed by atoms with van der Waals surface area (Å²) >= 11 is 0. The molecule has 2 aliphatic heterocycles. The molecule has 3 amide bonds. The zero-order chi connectivity index (χ0) is 19.7. The summed E-state index contributed by atoms with van der Waals surface area (Å²) in [5.74, 6) is -0.886. The van der Waals surface area contributed by atoms with Gasteiger partial charge in [-0.05, 0) is 47.9 Å². The molecular weight excluding hydrogens is 356 g/mol. The molecule has 2 aliphatic rings. The second-order valence-corrected chi connectivity index (χ2v) is 6.94. The van der Waals surface area contributed by atoms with E-state index in [4.69, 9.17) is 5.26 Å². The van der Waals surface area contributed by atoms with Gasteiger partial charge < -0.3 is 10.2 Å². The second-order valence-electron chi connectivity index (χ2n) is 6.94. The number of rotatable bonds is 4. The molecule has 2 aromatic rings. The van der Waals surface area contributed by atoms with Gasteiger partial charge in [-0.3, -0.25) is 19.7 Å². The van der Waals surface area contributed by atoms with Crippen molar-refractivity contribution in [1.82, 2.24) is 10.2 Å². The molecule has 2 heterocycles. The summed E-state index contributed by atoms with van der Waals surface area (Å²) in [5.41, 5.74) is 3.89. The highest BCUT2D eigenvalue weighted by Crippen LogP contribution is 2.29. The third-order valence-electron chi connectivity index (χ3n) is 5.08. The van der Waals surface area contributed by atoms with Gasteiger partial charge >= 0.3 is 0 Å². The Hall–Kier alpha value is -3.66. The molecule has 1 atom stereocenters. The number of piperidine rings is 1. The summed E-state index contributed by atoms with van der Waals surface area (Å²) in [6.07, 6.45) is 0.593. The highest BCUT2D eigenvalue weighted by atomic mass is 16.2. The molecule has 4 rings (SSSR count). The number of anilines is 1. The van der Waals surface area contributed by atoms with Crippen LogP contribution in [0, 0.1) is 11.3 Å². The Morgan fingerprint density at radius 1 is 1.18 bits per heavy atom. The molecule has 0 bridgehead atoms. The Bertz CT molecular complexity index is 1020. The number of carbonyl (C=O) groups is 3. The molecule has 1 unspecified atom stereocenters. The largest absolute Gasteiger partial charge is 0.381 e. The van der Waals surface area contributed by atoms with Crippen molar-refractivity contribution in [3.63, 3.8) is 0 Å². The third kappa shape index (κ3) is 3.32. The van der Waals surface area contributed by atoms with E-state index in [1.54, 1.807) is 12.1 Å². The fourth-order valence-electron chi connectivity index (χ4n) is 3.64. The number of imide groups is 1. The number of nitriles is 1. The second kappa shape index (κ2) is 7.16. The molecule has 7 nitrogen and oxygen atoms in total. The minimum atomic E-state index is -0.609. The SMILES string of the molecule is N#Cc1cccc(CNc2ccc3c(c2)CN(C2CCC(=O)NC2=O)C3=O)c1. The fraction of sp³-hybridized carbons (Fsp3) is 0.238. The van der Waals surface area contributed by atoms with Crippen LogP contribution in [0.25, 0.3) is 0 Å². The first-order valence-corrected chi connectivity index (χ1v) is 9.05. The number of amides is 3. The van der Waals surface area contributed by atoms with Gasteiger partial charge in [0.25, 0.3) is 5.91 Å². The van der Waals surface area contributed by atoms with E-state index in [9.17, 15) is 14.4 Å². The lowest BCUT2D eigenvalue weighted by molar-refractivity contribution is -0.136. The standard InChI is InChI=1S/C21H18N4O3/c22-10-13-2-1-3-14(8-13)11-23-16-4-5-17-15(9-16)12-25(21(17)28)18-6-7-19(26)24-20(18)27/h1-5,8-9,18,23H,6-7,11-12H2,(H,24,26,27). The molecule has 1 saturated heterocycles. The van der Waals surface area contributed by atoms with Crippen LogP contribution in [0.5, 0.6) is 0 Å². The molecule has 140 valence electrons. The summed E-state index contributed by atoms with van der Waals surface area (Å²) < 4.78 is 0. The van der Waals surface area contributed by atoms with Gasteiger partial charge in [-0.2, -0.15) is 5.26 Å². The molecular formula is C21H18N4O3. The smallest absolute Gasteiger partial charge is 0.255 e. The van der Waals surface area contributed by atoms with Gasteiger partial charge in [0, 0.05) is 30.8 Å². The summed E-state index contributed by atoms with van der Waals surface area (Å²) in [6, 6.07) is 14.4. The van der Waals surface area contributed by atoms with Crippen LogP contribution in [0.2, 0.25) is 0 Å². The number of hydrogen-bond donors (Lipinski definition) is 2. The van der Waals surface area contributed by atoms with E-state index in [1.807, 2.05) is 30.3 Å². The quantitative estimate of drug-likeness (QED) is 0.796. The molecule has 0 radical (unpaired) electrons. The van der Waals surface area contributed by atoms with Crippen molar-refractivity contribution in [3.8, 4) is 6.07 Å². The molecule has 0 saturated carbocycles. The zero-order valence-corrected chi connectivity index (χ0v) is 15.1. The first kappa shape index (κ1) is 17.7. The molecule has 7 heteroatoms. The summed E-state index contributed by atoms with van der Waals surface area (Å²) in [4.78, 5) is 37.7. The van der Waals surface area contributed by atoms with Crippen LogP contribution in [0.4, 0.5) is 5.69 Å². The van der Waals surface area contributed by atoms with Gasteiger partial charge in [-0.1, -0.05) is 12.1 Å². The van der Waals surface area contributed by atoms with E-state index in [2.05, 4.69) is 16.7 Å². The Kier molecular flexibility index (Phi) is 4.53. The van der Waals surface area contributed by atoms with Crippen molar-refractivity contribution in [2.75, 3.05) is 5.32 Å². The zero-order valence-electron chi connectivity index (χ0n) is 15.1. The third-order valence-corrected chi connectivity index (χ3v) is 5.08. The van der Waals surface area contributed by atoms with Crippen molar-refractivity contribution < 1.29 is 14.4 Å². The number of benzene rings is 2. The van der Waals surface area contributed by atoms with E-state index >= 15 is 0 Å². The van der Waals surface area contributed by atoms with Crippen LogP contribution in [-0.4, -0.2) is 28.7 Å². The lowest BCUT2D eigenvalue weighted by atomic mass is 10.0. The van der Waals surface area contributed by atoms with Crippen molar-refractivity contribution >= 4 is 23.4 Å². The topological polar surface area (TPSA) is 102 Å². The minimum absolute atomic E-state index is 0.183. The normalized spacial score (nSPS) is 18.5. The van der Waals surface area contributed by atoms with Crippen molar-refractivity contribution in [3.05, 3.63) is 64.7 Å². The van der Waals surface area contributed by atoms with Gasteiger partial charge in [-0.15, -0.1) is 0 Å². The number of nitrogens with one attached hydrogen (secondary N) is 2. The van der Waals surface area contributed by atoms with Crippen LogP contribution < -0.4 is 10.6 Å². The Morgan fingerprint density at radius 3 is 2.82 bits per heavy atom. The van der Waals surface area contributed by atoms with E-state index in [1.165, 1.54) is 4.90 Å². The fourth-order valence-corrected chi connectivity index (χ4v) is 3.64. The first-order valence-electron chi connectivity index (χ1n) is 9.05. The van der Waals surface area contributed by atoms with Crippen molar-refractivity contribution in [1.29, 1.82) is 5.26 Å². The van der Waals surface area contributed by atoms with Crippen molar-refractivity contribution in [2.24, 2.45) is 0 Å². The van der Waals surface area contributed by atoms with E-state index in [0.717, 1.165) is 16.8 Å². The molecule has 1 fully saturated rings. The summed E-state index contributed by atoms with van der Waals surface area (Å²) in [7, 11) is 0. The summed E-state index contributed by atoms with van der Waals surface area (Å²) in [6.45, 7) is 0.902. The van der Waals surface area contributed by atoms with Crippen molar-refractivity contribution in [2.45, 2.75) is 32.0 Å². The van der Waals surface area contributed by atoms with E-state index in [0.29, 0.717) is 30.6 Å². The highest BCUT2D eigenvalue weighted by Gasteiger charge is 2.39. The van der Waals surface area contributed by atoms with Crippen LogP contribution in [-0.2, 0) is 22.7 Å². The van der Waals surface area contributed by atoms with E-state index < -0.39 is 11.9 Å². The highest BCUT2D eigenvalue weighted by molar-refractivity contribution is 6.05. The van der Waals surface area contributed by atoms with Gasteiger partial charge in [0.05, 0.1) is 11.6 Å². The minimum Gasteiger partial charge on any atom is -0.381 e. The first-order chi connectivity index (χ1) is 13.5. The predicted octanol–water partition coefficient (Wildman–Crippen LogP) is 1.93.